The fraction of sp³-hybridized carbons (Fsp3) is 0.0526. The Morgan fingerprint density at radius 3 is 2.04 bits per heavy atom. The third kappa shape index (κ3) is 3.06. The van der Waals surface area contributed by atoms with Crippen LogP contribution in [0.3, 0.4) is 0 Å². The topological polar surface area (TPSA) is 48.3 Å². The number of rotatable bonds is 4. The minimum atomic E-state index is -0.486. The molecule has 0 radical (unpaired) electrons. The van der Waals surface area contributed by atoms with Gasteiger partial charge in [-0.1, -0.05) is 60.7 Å². The Bertz CT molecular complexity index is 836. The SMILES string of the molecule is CC(=O)On1c(C(=O)c2ccccc2)ccc1-c1ccccc1. The van der Waals surface area contributed by atoms with Gasteiger partial charge in [0.25, 0.3) is 0 Å². The van der Waals surface area contributed by atoms with Crippen molar-refractivity contribution in [1.29, 1.82) is 0 Å². The van der Waals surface area contributed by atoms with Crippen LogP contribution < -0.4 is 4.84 Å². The predicted octanol–water partition coefficient (Wildman–Crippen LogP) is 3.36. The number of hydrogen-bond donors (Lipinski definition) is 0. The van der Waals surface area contributed by atoms with E-state index in [1.807, 2.05) is 36.4 Å². The van der Waals surface area contributed by atoms with Crippen LogP contribution in [0.25, 0.3) is 11.3 Å². The van der Waals surface area contributed by atoms with Crippen LogP contribution in [0, 0.1) is 0 Å². The van der Waals surface area contributed by atoms with Gasteiger partial charge in [0, 0.05) is 18.1 Å². The zero-order valence-corrected chi connectivity index (χ0v) is 12.6. The van der Waals surface area contributed by atoms with Crippen LogP contribution >= 0.6 is 0 Å². The fourth-order valence-electron chi connectivity index (χ4n) is 2.38. The molecule has 0 N–H and O–H groups in total. The van der Waals surface area contributed by atoms with Gasteiger partial charge in [-0.05, 0) is 12.1 Å². The van der Waals surface area contributed by atoms with Gasteiger partial charge in [0.2, 0.25) is 5.78 Å². The minimum Gasteiger partial charge on any atom is -0.336 e. The van der Waals surface area contributed by atoms with E-state index in [1.54, 1.807) is 36.4 Å². The van der Waals surface area contributed by atoms with Gasteiger partial charge in [0.15, 0.2) is 0 Å². The van der Waals surface area contributed by atoms with E-state index in [2.05, 4.69) is 0 Å². The van der Waals surface area contributed by atoms with Crippen LogP contribution in [-0.2, 0) is 4.79 Å². The lowest BCUT2D eigenvalue weighted by Gasteiger charge is -2.11. The highest BCUT2D eigenvalue weighted by atomic mass is 16.7. The van der Waals surface area contributed by atoms with Gasteiger partial charge < -0.3 is 4.84 Å². The smallest absolute Gasteiger partial charge is 0.329 e. The molecule has 0 bridgehead atoms. The first-order chi connectivity index (χ1) is 11.2. The number of ketones is 1. The third-order valence-corrected chi connectivity index (χ3v) is 3.39. The summed E-state index contributed by atoms with van der Waals surface area (Å²) in [5.41, 5.74) is 2.37. The Morgan fingerprint density at radius 2 is 1.43 bits per heavy atom. The number of aromatic nitrogens is 1. The van der Waals surface area contributed by atoms with Gasteiger partial charge >= 0.3 is 5.97 Å². The molecule has 23 heavy (non-hydrogen) atoms. The van der Waals surface area contributed by atoms with E-state index >= 15 is 0 Å². The molecule has 1 heterocycles. The molecule has 0 atom stereocenters. The molecule has 0 aliphatic heterocycles. The van der Waals surface area contributed by atoms with Crippen LogP contribution in [0.4, 0.5) is 0 Å². The lowest BCUT2D eigenvalue weighted by molar-refractivity contribution is -0.141. The van der Waals surface area contributed by atoms with Gasteiger partial charge in [0.05, 0.1) is 5.69 Å². The van der Waals surface area contributed by atoms with Crippen molar-refractivity contribution < 1.29 is 14.4 Å². The second-order valence-corrected chi connectivity index (χ2v) is 5.04. The molecule has 114 valence electrons. The summed E-state index contributed by atoms with van der Waals surface area (Å²) in [5, 5.41) is 0. The van der Waals surface area contributed by atoms with E-state index in [0.717, 1.165) is 5.56 Å². The summed E-state index contributed by atoms with van der Waals surface area (Å²) in [6.45, 7) is 1.31. The molecular weight excluding hydrogens is 290 g/mol. The Hall–Kier alpha value is -3.14. The second-order valence-electron chi connectivity index (χ2n) is 5.04. The predicted molar refractivity (Wildman–Crippen MR) is 87.0 cm³/mol. The van der Waals surface area contributed by atoms with E-state index in [-0.39, 0.29) is 5.78 Å². The van der Waals surface area contributed by atoms with Crippen molar-refractivity contribution in [1.82, 2.24) is 4.73 Å². The molecule has 3 rings (SSSR count). The molecule has 2 aromatic carbocycles. The van der Waals surface area contributed by atoms with Crippen molar-refractivity contribution in [2.24, 2.45) is 0 Å². The van der Waals surface area contributed by atoms with Crippen LogP contribution in [0.15, 0.2) is 72.8 Å². The third-order valence-electron chi connectivity index (χ3n) is 3.39. The minimum absolute atomic E-state index is 0.200. The highest BCUT2D eigenvalue weighted by molar-refractivity contribution is 6.08. The van der Waals surface area contributed by atoms with Crippen molar-refractivity contribution in [3.63, 3.8) is 0 Å². The number of carbonyl (C=O) groups excluding carboxylic acids is 2. The van der Waals surface area contributed by atoms with E-state index in [1.165, 1.54) is 11.7 Å². The van der Waals surface area contributed by atoms with Crippen LogP contribution in [0.1, 0.15) is 23.0 Å². The number of benzene rings is 2. The second kappa shape index (κ2) is 6.32. The van der Waals surface area contributed by atoms with Gasteiger partial charge in [-0.25, -0.2) is 4.79 Å². The molecule has 3 aromatic rings. The zero-order valence-electron chi connectivity index (χ0n) is 12.6. The van der Waals surface area contributed by atoms with Gasteiger partial charge in [0.1, 0.15) is 5.69 Å². The van der Waals surface area contributed by atoms with Crippen molar-refractivity contribution >= 4 is 11.8 Å². The van der Waals surface area contributed by atoms with Crippen LogP contribution in [0.2, 0.25) is 0 Å². The number of nitrogens with zero attached hydrogens (tertiary/aromatic N) is 1. The first-order valence-electron chi connectivity index (χ1n) is 7.22. The summed E-state index contributed by atoms with van der Waals surface area (Å²) in [5.74, 6) is -0.686. The van der Waals surface area contributed by atoms with Crippen molar-refractivity contribution in [2.75, 3.05) is 0 Å². The average Bonchev–Trinajstić information content (AvgIpc) is 2.98. The Kier molecular flexibility index (Phi) is 4.06. The average molecular weight is 305 g/mol. The van der Waals surface area contributed by atoms with Crippen molar-refractivity contribution in [2.45, 2.75) is 6.92 Å². The maximum atomic E-state index is 12.7. The Morgan fingerprint density at radius 1 is 0.826 bits per heavy atom. The molecule has 0 fully saturated rings. The van der Waals surface area contributed by atoms with Gasteiger partial charge in [-0.3, -0.25) is 4.79 Å². The van der Waals surface area contributed by atoms with Crippen molar-refractivity contribution in [3.05, 3.63) is 84.1 Å². The molecule has 4 nitrogen and oxygen atoms in total. The van der Waals surface area contributed by atoms with Crippen LogP contribution in [0.5, 0.6) is 0 Å². The Balaban J connectivity index is 2.09. The summed E-state index contributed by atoms with van der Waals surface area (Å²) in [4.78, 5) is 29.4. The first-order valence-corrected chi connectivity index (χ1v) is 7.22. The first kappa shape index (κ1) is 14.8. The molecule has 4 heteroatoms. The Labute approximate surface area is 133 Å². The lowest BCUT2D eigenvalue weighted by Crippen LogP contribution is -2.22. The summed E-state index contributed by atoms with van der Waals surface area (Å²) in [6.07, 6.45) is 0. The van der Waals surface area contributed by atoms with Gasteiger partial charge in [-0.2, -0.15) is 4.73 Å². The van der Waals surface area contributed by atoms with Gasteiger partial charge in [-0.15, -0.1) is 0 Å². The molecule has 0 aliphatic carbocycles. The molecule has 0 amide bonds. The van der Waals surface area contributed by atoms with E-state index in [0.29, 0.717) is 17.0 Å². The van der Waals surface area contributed by atoms with E-state index in [9.17, 15) is 9.59 Å². The normalized spacial score (nSPS) is 10.3. The molecule has 1 aromatic heterocycles. The van der Waals surface area contributed by atoms with Crippen molar-refractivity contribution in [3.8, 4) is 11.3 Å². The molecule has 0 saturated heterocycles. The van der Waals surface area contributed by atoms with E-state index in [4.69, 9.17) is 4.84 Å². The quantitative estimate of drug-likeness (QED) is 0.694. The largest absolute Gasteiger partial charge is 0.336 e. The highest BCUT2D eigenvalue weighted by Crippen LogP contribution is 2.23. The molecule has 0 spiro atoms. The molecule has 0 unspecified atom stereocenters. The highest BCUT2D eigenvalue weighted by Gasteiger charge is 2.19. The standard InChI is InChI=1S/C19H15NO3/c1-14(21)23-20-17(15-8-4-2-5-9-15)12-13-18(20)19(22)16-10-6-3-7-11-16/h2-13H,1H3. The van der Waals surface area contributed by atoms with Crippen LogP contribution in [-0.4, -0.2) is 16.5 Å². The lowest BCUT2D eigenvalue weighted by atomic mass is 10.1. The monoisotopic (exact) mass is 305 g/mol. The maximum absolute atomic E-state index is 12.7. The molecule has 0 aliphatic rings. The maximum Gasteiger partial charge on any atom is 0.329 e. The summed E-state index contributed by atoms with van der Waals surface area (Å²) >= 11 is 0. The summed E-state index contributed by atoms with van der Waals surface area (Å²) in [7, 11) is 0. The summed E-state index contributed by atoms with van der Waals surface area (Å²) < 4.78 is 1.30. The van der Waals surface area contributed by atoms with E-state index < -0.39 is 5.97 Å². The molecular formula is C19H15NO3. The number of hydrogen-bond acceptors (Lipinski definition) is 3. The fourth-order valence-corrected chi connectivity index (χ4v) is 2.38. The molecule has 0 saturated carbocycles. The summed E-state index contributed by atoms with van der Waals surface area (Å²) in [6, 6.07) is 21.8. The number of carbonyl (C=O) groups is 2. The zero-order chi connectivity index (χ0) is 16.2.